The molecule has 0 radical (unpaired) electrons. The summed E-state index contributed by atoms with van der Waals surface area (Å²) in [7, 11) is 1.89. The Morgan fingerprint density at radius 1 is 1.31 bits per heavy atom. The fraction of sp³-hybridized carbons (Fsp3) is 0.474. The molecule has 2 aromatic heterocycles. The van der Waals surface area contributed by atoms with Gasteiger partial charge in [0.15, 0.2) is 0 Å². The van der Waals surface area contributed by atoms with Crippen LogP contribution in [0.4, 0.5) is 4.39 Å². The molecule has 0 unspecified atom stereocenters. The monoisotopic (exact) mass is 375 g/mol. The van der Waals surface area contributed by atoms with E-state index < -0.39 is 0 Å². The second kappa shape index (κ2) is 7.00. The summed E-state index contributed by atoms with van der Waals surface area (Å²) in [4.78, 5) is 10.4. The van der Waals surface area contributed by atoms with Gasteiger partial charge >= 0.3 is 0 Å². The van der Waals surface area contributed by atoms with Gasteiger partial charge in [0.25, 0.3) is 0 Å². The van der Waals surface area contributed by atoms with E-state index in [1.807, 2.05) is 7.05 Å². The summed E-state index contributed by atoms with van der Waals surface area (Å²) in [5.74, 6) is 1.12. The molecule has 1 saturated heterocycles. The molecule has 1 fully saturated rings. The van der Waals surface area contributed by atoms with E-state index >= 15 is 0 Å². The Morgan fingerprint density at radius 2 is 2.08 bits per heavy atom. The maximum Gasteiger partial charge on any atom is 0.131 e. The fourth-order valence-corrected chi connectivity index (χ4v) is 4.03. The van der Waals surface area contributed by atoms with Crippen molar-refractivity contribution in [2.24, 2.45) is 7.05 Å². The molecule has 26 heavy (non-hydrogen) atoms. The van der Waals surface area contributed by atoms with Crippen molar-refractivity contribution in [1.29, 1.82) is 0 Å². The lowest BCUT2D eigenvalue weighted by atomic mass is 9.96. The average molecular weight is 376 g/mol. The van der Waals surface area contributed by atoms with Crippen LogP contribution in [0.2, 0.25) is 5.15 Å². The number of piperidine rings is 1. The van der Waals surface area contributed by atoms with Gasteiger partial charge < -0.3 is 4.98 Å². The summed E-state index contributed by atoms with van der Waals surface area (Å²) in [6.07, 6.45) is 2.95. The first-order valence-electron chi connectivity index (χ1n) is 9.13. The molecule has 7 heteroatoms. The van der Waals surface area contributed by atoms with E-state index in [-0.39, 0.29) is 5.82 Å². The molecular weight excluding hydrogens is 353 g/mol. The average Bonchev–Trinajstić information content (AvgIpc) is 3.18. The first-order valence-corrected chi connectivity index (χ1v) is 9.50. The number of likely N-dealkylation sites (tertiary alicyclic amines) is 1. The zero-order valence-electron chi connectivity index (χ0n) is 15.1. The van der Waals surface area contributed by atoms with Gasteiger partial charge in [0.1, 0.15) is 16.8 Å². The molecule has 138 valence electrons. The van der Waals surface area contributed by atoms with Gasteiger partial charge in [-0.15, -0.1) is 0 Å². The number of hydrogen-bond donors (Lipinski definition) is 1. The molecule has 0 aliphatic carbocycles. The molecule has 3 heterocycles. The Balaban J connectivity index is 1.44. The van der Waals surface area contributed by atoms with E-state index in [1.54, 1.807) is 10.7 Å². The van der Waals surface area contributed by atoms with Crippen molar-refractivity contribution in [2.75, 3.05) is 13.1 Å². The van der Waals surface area contributed by atoms with Crippen LogP contribution >= 0.6 is 11.6 Å². The van der Waals surface area contributed by atoms with Crippen molar-refractivity contribution >= 4 is 22.6 Å². The molecule has 1 aromatic carbocycles. The molecule has 3 aromatic rings. The lowest BCUT2D eigenvalue weighted by Crippen LogP contribution is -2.33. The quantitative estimate of drug-likeness (QED) is 0.749. The number of aromatic amines is 1. The van der Waals surface area contributed by atoms with E-state index in [0.717, 1.165) is 72.2 Å². The van der Waals surface area contributed by atoms with Crippen LogP contribution in [0.5, 0.6) is 0 Å². The highest BCUT2D eigenvalue weighted by Gasteiger charge is 2.25. The van der Waals surface area contributed by atoms with Crippen LogP contribution in [0.3, 0.4) is 0 Å². The largest absolute Gasteiger partial charge is 0.342 e. The van der Waals surface area contributed by atoms with Gasteiger partial charge in [0, 0.05) is 25.1 Å². The molecule has 1 aliphatic heterocycles. The molecule has 1 N–H and O–H groups in total. The van der Waals surface area contributed by atoms with Crippen LogP contribution in [0.1, 0.15) is 42.8 Å². The standard InChI is InChI=1S/C19H23ClFN5/c1-3-15-14(18(20)25(2)24-15)11-26-8-6-12(7-9-26)19-22-16-5-4-13(21)10-17(16)23-19/h4-5,10,12H,3,6-9,11H2,1-2H3,(H,22,23). The molecule has 4 rings (SSSR count). The molecule has 0 amide bonds. The Bertz CT molecular complexity index is 924. The molecular formula is C19H23ClFN5. The van der Waals surface area contributed by atoms with Crippen molar-refractivity contribution in [2.45, 2.75) is 38.6 Å². The summed E-state index contributed by atoms with van der Waals surface area (Å²) in [6.45, 7) is 4.93. The van der Waals surface area contributed by atoms with E-state index in [9.17, 15) is 4.39 Å². The number of nitrogens with zero attached hydrogens (tertiary/aromatic N) is 4. The summed E-state index contributed by atoms with van der Waals surface area (Å²) in [5, 5.41) is 5.24. The number of fused-ring (bicyclic) bond motifs is 1. The maximum absolute atomic E-state index is 13.4. The number of aryl methyl sites for hydroxylation is 2. The highest BCUT2D eigenvalue weighted by atomic mass is 35.5. The number of nitrogens with one attached hydrogen (secondary N) is 1. The van der Waals surface area contributed by atoms with Gasteiger partial charge in [-0.2, -0.15) is 5.10 Å². The smallest absolute Gasteiger partial charge is 0.131 e. The normalized spacial score (nSPS) is 16.6. The highest BCUT2D eigenvalue weighted by Crippen LogP contribution is 2.30. The zero-order valence-corrected chi connectivity index (χ0v) is 15.9. The van der Waals surface area contributed by atoms with Crippen LogP contribution in [0, 0.1) is 5.82 Å². The van der Waals surface area contributed by atoms with E-state index in [2.05, 4.69) is 26.9 Å². The number of halogens is 2. The molecule has 0 spiro atoms. The fourth-order valence-electron chi connectivity index (χ4n) is 3.82. The third kappa shape index (κ3) is 3.23. The van der Waals surface area contributed by atoms with Gasteiger partial charge in [-0.05, 0) is 50.6 Å². The summed E-state index contributed by atoms with van der Waals surface area (Å²) >= 11 is 6.42. The predicted molar refractivity (Wildman–Crippen MR) is 101 cm³/mol. The number of imidazole rings is 1. The molecule has 0 atom stereocenters. The Morgan fingerprint density at radius 3 is 2.81 bits per heavy atom. The van der Waals surface area contributed by atoms with Crippen molar-refractivity contribution in [3.63, 3.8) is 0 Å². The lowest BCUT2D eigenvalue weighted by Gasteiger charge is -2.31. The van der Waals surface area contributed by atoms with Gasteiger partial charge in [0.2, 0.25) is 0 Å². The van der Waals surface area contributed by atoms with E-state index in [1.165, 1.54) is 12.1 Å². The highest BCUT2D eigenvalue weighted by molar-refractivity contribution is 6.30. The first-order chi connectivity index (χ1) is 12.5. The maximum atomic E-state index is 13.4. The van der Waals surface area contributed by atoms with Gasteiger partial charge in [-0.3, -0.25) is 9.58 Å². The predicted octanol–water partition coefficient (Wildman–Crippen LogP) is 4.03. The minimum Gasteiger partial charge on any atom is -0.342 e. The SMILES string of the molecule is CCc1nn(C)c(Cl)c1CN1CCC(c2nc3ccc(F)cc3[nH]2)CC1. The second-order valence-corrected chi connectivity index (χ2v) is 7.39. The zero-order chi connectivity index (χ0) is 18.3. The van der Waals surface area contributed by atoms with Crippen LogP contribution < -0.4 is 0 Å². The minimum atomic E-state index is -0.234. The number of rotatable bonds is 4. The minimum absolute atomic E-state index is 0.234. The topological polar surface area (TPSA) is 49.7 Å². The van der Waals surface area contributed by atoms with Crippen molar-refractivity contribution in [3.05, 3.63) is 46.3 Å². The lowest BCUT2D eigenvalue weighted by molar-refractivity contribution is 0.201. The molecule has 0 saturated carbocycles. The van der Waals surface area contributed by atoms with Gasteiger partial charge in [0.05, 0.1) is 16.7 Å². The molecule has 1 aliphatic rings. The third-order valence-electron chi connectivity index (χ3n) is 5.31. The second-order valence-electron chi connectivity index (χ2n) is 7.03. The van der Waals surface area contributed by atoms with Crippen molar-refractivity contribution in [3.8, 4) is 0 Å². The summed E-state index contributed by atoms with van der Waals surface area (Å²) in [5.41, 5.74) is 3.84. The summed E-state index contributed by atoms with van der Waals surface area (Å²) in [6, 6.07) is 4.70. The Labute approximate surface area is 157 Å². The van der Waals surface area contributed by atoms with Crippen LogP contribution in [-0.2, 0) is 20.0 Å². The molecule has 0 bridgehead atoms. The third-order valence-corrected chi connectivity index (χ3v) is 5.78. The van der Waals surface area contributed by atoms with E-state index in [0.29, 0.717) is 5.92 Å². The first kappa shape index (κ1) is 17.5. The molecule has 5 nitrogen and oxygen atoms in total. The van der Waals surface area contributed by atoms with Crippen LogP contribution in [0.15, 0.2) is 18.2 Å². The van der Waals surface area contributed by atoms with Gasteiger partial charge in [-0.1, -0.05) is 18.5 Å². The van der Waals surface area contributed by atoms with Gasteiger partial charge in [-0.25, -0.2) is 9.37 Å². The Kier molecular flexibility index (Phi) is 4.71. The van der Waals surface area contributed by atoms with E-state index in [4.69, 9.17) is 11.6 Å². The van der Waals surface area contributed by atoms with Crippen LogP contribution in [-0.4, -0.2) is 37.7 Å². The van der Waals surface area contributed by atoms with Crippen LogP contribution in [0.25, 0.3) is 11.0 Å². The number of aromatic nitrogens is 4. The number of H-pyrrole nitrogens is 1. The van der Waals surface area contributed by atoms with Crippen molar-refractivity contribution in [1.82, 2.24) is 24.6 Å². The Hall–Kier alpha value is -1.92. The van der Waals surface area contributed by atoms with Crippen molar-refractivity contribution < 1.29 is 4.39 Å². The number of hydrogen-bond acceptors (Lipinski definition) is 3. The number of benzene rings is 1. The summed E-state index contributed by atoms with van der Waals surface area (Å²) < 4.78 is 15.1.